The quantitative estimate of drug-likeness (QED) is 0.817. The number of sulfone groups is 1. The Kier molecular flexibility index (Phi) is 4.03. The maximum absolute atomic E-state index is 11.9. The Morgan fingerprint density at radius 3 is 2.40 bits per heavy atom. The van der Waals surface area contributed by atoms with E-state index in [0.29, 0.717) is 12.8 Å². The van der Waals surface area contributed by atoms with Crippen LogP contribution in [0.1, 0.15) is 33.8 Å². The molecule has 0 aromatic carbocycles. The summed E-state index contributed by atoms with van der Waals surface area (Å²) >= 11 is 0. The normalized spacial score (nSPS) is 18.4. The number of aromatic nitrogens is 1. The lowest BCUT2D eigenvalue weighted by atomic mass is 10.1. The molecule has 0 atom stereocenters. The molecule has 0 aliphatic carbocycles. The fraction of sp³-hybridized carbons (Fsp3) is 0.417. The number of pyridine rings is 1. The molecule has 0 saturated carbocycles. The lowest BCUT2D eigenvalue weighted by Gasteiger charge is -2.22. The third-order valence-electron chi connectivity index (χ3n) is 3.09. The van der Waals surface area contributed by atoms with Gasteiger partial charge >= 0.3 is 5.97 Å². The van der Waals surface area contributed by atoms with Gasteiger partial charge in [-0.15, -0.1) is 0 Å². The van der Waals surface area contributed by atoms with Crippen LogP contribution in [0.5, 0.6) is 0 Å². The molecule has 8 heteroatoms. The summed E-state index contributed by atoms with van der Waals surface area (Å²) in [5, 5.41) is 11.5. The van der Waals surface area contributed by atoms with Crippen LogP contribution in [0.15, 0.2) is 18.2 Å². The average molecular weight is 298 g/mol. The van der Waals surface area contributed by atoms with Crippen molar-refractivity contribution in [2.45, 2.75) is 18.9 Å². The number of hydrogen-bond acceptors (Lipinski definition) is 5. The van der Waals surface area contributed by atoms with Gasteiger partial charge < -0.3 is 10.4 Å². The Balaban J connectivity index is 2.02. The minimum atomic E-state index is -2.98. The molecule has 1 aliphatic heterocycles. The van der Waals surface area contributed by atoms with Gasteiger partial charge in [-0.25, -0.2) is 18.2 Å². The number of nitrogens with one attached hydrogen (secondary N) is 1. The van der Waals surface area contributed by atoms with E-state index in [1.807, 2.05) is 0 Å². The highest BCUT2D eigenvalue weighted by molar-refractivity contribution is 7.91. The maximum Gasteiger partial charge on any atom is 0.354 e. The first-order valence-electron chi connectivity index (χ1n) is 6.09. The molecule has 1 aromatic rings. The minimum Gasteiger partial charge on any atom is -0.477 e. The van der Waals surface area contributed by atoms with E-state index in [0.717, 1.165) is 0 Å². The van der Waals surface area contributed by atoms with Crippen molar-refractivity contribution in [3.8, 4) is 0 Å². The molecule has 2 N–H and O–H groups in total. The second-order valence-corrected chi connectivity index (χ2v) is 6.92. The highest BCUT2D eigenvalue weighted by Crippen LogP contribution is 2.12. The second-order valence-electron chi connectivity index (χ2n) is 4.61. The first-order valence-corrected chi connectivity index (χ1v) is 7.91. The number of hydrogen-bond donors (Lipinski definition) is 2. The second kappa shape index (κ2) is 5.58. The average Bonchev–Trinajstić information content (AvgIpc) is 2.41. The molecule has 1 amide bonds. The fourth-order valence-corrected chi connectivity index (χ4v) is 3.47. The predicted molar refractivity (Wildman–Crippen MR) is 70.3 cm³/mol. The third kappa shape index (κ3) is 3.53. The van der Waals surface area contributed by atoms with E-state index >= 15 is 0 Å². The van der Waals surface area contributed by atoms with Crippen LogP contribution in [0.4, 0.5) is 0 Å². The smallest absolute Gasteiger partial charge is 0.354 e. The molecular formula is C12H14N2O5S. The van der Waals surface area contributed by atoms with Gasteiger partial charge in [0.2, 0.25) is 0 Å². The maximum atomic E-state index is 11.9. The van der Waals surface area contributed by atoms with Gasteiger partial charge in [-0.1, -0.05) is 6.07 Å². The summed E-state index contributed by atoms with van der Waals surface area (Å²) in [6, 6.07) is 3.94. The molecular weight excluding hydrogens is 284 g/mol. The van der Waals surface area contributed by atoms with E-state index in [2.05, 4.69) is 10.3 Å². The van der Waals surface area contributed by atoms with Crippen molar-refractivity contribution in [2.24, 2.45) is 0 Å². The SMILES string of the molecule is O=C(O)c1cccc(C(=O)NC2CCS(=O)(=O)CC2)n1. The van der Waals surface area contributed by atoms with Crippen molar-refractivity contribution in [1.29, 1.82) is 0 Å². The number of carboxylic acid groups (broad SMARTS) is 1. The van der Waals surface area contributed by atoms with Crippen molar-refractivity contribution in [3.05, 3.63) is 29.6 Å². The molecule has 2 rings (SSSR count). The zero-order valence-corrected chi connectivity index (χ0v) is 11.4. The first kappa shape index (κ1) is 14.4. The molecule has 20 heavy (non-hydrogen) atoms. The summed E-state index contributed by atoms with van der Waals surface area (Å²) in [5.41, 5.74) is -0.192. The highest BCUT2D eigenvalue weighted by Gasteiger charge is 2.25. The highest BCUT2D eigenvalue weighted by atomic mass is 32.2. The van der Waals surface area contributed by atoms with Gasteiger partial charge in [-0.3, -0.25) is 4.79 Å². The predicted octanol–water partition coefficient (Wildman–Crippen LogP) is 0.0868. The largest absolute Gasteiger partial charge is 0.477 e. The Morgan fingerprint density at radius 2 is 1.80 bits per heavy atom. The Hall–Kier alpha value is -1.96. The minimum absolute atomic E-state index is 0.0123. The van der Waals surface area contributed by atoms with Crippen LogP contribution in [-0.4, -0.2) is 47.9 Å². The molecule has 0 spiro atoms. The van der Waals surface area contributed by atoms with E-state index in [4.69, 9.17) is 5.11 Å². The number of nitrogens with zero attached hydrogens (tertiary/aromatic N) is 1. The molecule has 1 fully saturated rings. The van der Waals surface area contributed by atoms with Crippen molar-refractivity contribution < 1.29 is 23.1 Å². The molecule has 1 aromatic heterocycles. The van der Waals surface area contributed by atoms with E-state index in [1.165, 1.54) is 18.2 Å². The molecule has 1 aliphatic rings. The van der Waals surface area contributed by atoms with Gasteiger partial charge in [0.1, 0.15) is 21.2 Å². The molecule has 108 valence electrons. The van der Waals surface area contributed by atoms with E-state index in [-0.39, 0.29) is 28.9 Å². The lowest BCUT2D eigenvalue weighted by Crippen LogP contribution is -2.41. The number of aromatic carboxylic acids is 1. The molecule has 2 heterocycles. The van der Waals surface area contributed by atoms with Crippen molar-refractivity contribution in [3.63, 3.8) is 0 Å². The van der Waals surface area contributed by atoms with Gasteiger partial charge in [-0.05, 0) is 25.0 Å². The van der Waals surface area contributed by atoms with Crippen LogP contribution in [0, 0.1) is 0 Å². The summed E-state index contributed by atoms with van der Waals surface area (Å²) in [4.78, 5) is 26.4. The van der Waals surface area contributed by atoms with Crippen LogP contribution in [0.2, 0.25) is 0 Å². The Bertz CT molecular complexity index is 627. The summed E-state index contributed by atoms with van der Waals surface area (Å²) in [6.07, 6.45) is 0.736. The summed E-state index contributed by atoms with van der Waals surface area (Å²) < 4.78 is 22.6. The number of carboxylic acids is 1. The topological polar surface area (TPSA) is 113 Å². The standard InChI is InChI=1S/C12H14N2O5S/c15-11(9-2-1-3-10(14-9)12(16)17)13-8-4-6-20(18,19)7-5-8/h1-3,8H,4-7H2,(H,13,15)(H,16,17). The van der Waals surface area contributed by atoms with Crippen molar-refractivity contribution in [1.82, 2.24) is 10.3 Å². The zero-order chi connectivity index (χ0) is 14.8. The Labute approximate surface area is 115 Å². The number of carbonyl (C=O) groups excluding carboxylic acids is 1. The van der Waals surface area contributed by atoms with Gasteiger partial charge in [-0.2, -0.15) is 0 Å². The summed E-state index contributed by atoms with van der Waals surface area (Å²) in [6.45, 7) is 0. The van der Waals surface area contributed by atoms with E-state index < -0.39 is 21.7 Å². The van der Waals surface area contributed by atoms with Gasteiger partial charge in [0.15, 0.2) is 0 Å². The lowest BCUT2D eigenvalue weighted by molar-refractivity contribution is 0.0690. The van der Waals surface area contributed by atoms with Crippen LogP contribution in [-0.2, 0) is 9.84 Å². The summed E-state index contributed by atoms with van der Waals surface area (Å²) in [5.74, 6) is -1.58. The Morgan fingerprint density at radius 1 is 1.20 bits per heavy atom. The molecule has 1 saturated heterocycles. The third-order valence-corrected chi connectivity index (χ3v) is 4.81. The number of rotatable bonds is 3. The van der Waals surface area contributed by atoms with Gasteiger partial charge in [0.25, 0.3) is 5.91 Å². The number of carbonyl (C=O) groups is 2. The van der Waals surface area contributed by atoms with Crippen molar-refractivity contribution in [2.75, 3.05) is 11.5 Å². The first-order chi connectivity index (χ1) is 9.37. The van der Waals surface area contributed by atoms with Crippen LogP contribution >= 0.6 is 0 Å². The van der Waals surface area contributed by atoms with Gasteiger partial charge in [0.05, 0.1) is 11.5 Å². The van der Waals surface area contributed by atoms with E-state index in [9.17, 15) is 18.0 Å². The van der Waals surface area contributed by atoms with Crippen LogP contribution in [0.25, 0.3) is 0 Å². The van der Waals surface area contributed by atoms with Crippen LogP contribution in [0.3, 0.4) is 0 Å². The van der Waals surface area contributed by atoms with Gasteiger partial charge in [0, 0.05) is 6.04 Å². The van der Waals surface area contributed by atoms with Crippen LogP contribution < -0.4 is 5.32 Å². The monoisotopic (exact) mass is 298 g/mol. The molecule has 7 nitrogen and oxygen atoms in total. The summed E-state index contributed by atoms with van der Waals surface area (Å²) in [7, 11) is -2.98. The van der Waals surface area contributed by atoms with Crippen molar-refractivity contribution >= 4 is 21.7 Å². The molecule has 0 unspecified atom stereocenters. The van der Waals surface area contributed by atoms with E-state index in [1.54, 1.807) is 0 Å². The molecule has 0 bridgehead atoms. The zero-order valence-electron chi connectivity index (χ0n) is 10.6. The fourth-order valence-electron chi connectivity index (χ4n) is 1.97. The number of amides is 1. The molecule has 0 radical (unpaired) electrons.